The first-order chi connectivity index (χ1) is 36.5. The maximum Gasteiger partial charge on any atom is 0.306 e. The van der Waals surface area contributed by atoms with Gasteiger partial charge in [-0.05, 0) is 83.5 Å². The number of hydrogen-bond donors (Lipinski definition) is 0. The molecule has 0 saturated heterocycles. The second kappa shape index (κ2) is 62.9. The molecule has 0 saturated carbocycles. The molecule has 0 radical (unpaired) electrons. The van der Waals surface area contributed by atoms with Crippen LogP contribution in [0.5, 0.6) is 0 Å². The Labute approximate surface area is 460 Å². The van der Waals surface area contributed by atoms with Gasteiger partial charge in [0.2, 0.25) is 0 Å². The van der Waals surface area contributed by atoms with Gasteiger partial charge in [-0.1, -0.05) is 294 Å². The van der Waals surface area contributed by atoms with Crippen molar-refractivity contribution in [3.63, 3.8) is 0 Å². The van der Waals surface area contributed by atoms with Gasteiger partial charge in [-0.15, -0.1) is 0 Å². The minimum absolute atomic E-state index is 0.0724. The molecule has 0 amide bonds. The average molecular weight is 1040 g/mol. The van der Waals surface area contributed by atoms with E-state index in [0.717, 1.165) is 77.0 Å². The van der Waals surface area contributed by atoms with Crippen LogP contribution in [0.1, 0.15) is 348 Å². The van der Waals surface area contributed by atoms with Crippen LogP contribution in [0.25, 0.3) is 0 Å². The first kappa shape index (κ1) is 71.4. The summed E-state index contributed by atoms with van der Waals surface area (Å²) >= 11 is 0. The fraction of sp³-hybridized carbons (Fsp3) is 0.838. The van der Waals surface area contributed by atoms with Gasteiger partial charge >= 0.3 is 17.9 Å². The van der Waals surface area contributed by atoms with Crippen molar-refractivity contribution in [3.8, 4) is 0 Å². The third-order valence-electron chi connectivity index (χ3n) is 14.6. The van der Waals surface area contributed by atoms with E-state index >= 15 is 0 Å². The van der Waals surface area contributed by atoms with Crippen molar-refractivity contribution in [2.45, 2.75) is 354 Å². The van der Waals surface area contributed by atoms with Gasteiger partial charge in [0, 0.05) is 19.3 Å². The smallest absolute Gasteiger partial charge is 0.306 e. The third-order valence-corrected chi connectivity index (χ3v) is 14.6. The Morgan fingerprint density at radius 1 is 0.270 bits per heavy atom. The van der Waals surface area contributed by atoms with Gasteiger partial charge in [0.15, 0.2) is 6.10 Å². The summed E-state index contributed by atoms with van der Waals surface area (Å²) in [7, 11) is 0. The fourth-order valence-corrected chi connectivity index (χ4v) is 9.62. The molecule has 0 rings (SSSR count). The molecule has 6 heteroatoms. The molecule has 0 aliphatic rings. The van der Waals surface area contributed by atoms with Crippen LogP contribution in [0.2, 0.25) is 0 Å². The molecule has 0 bridgehead atoms. The van der Waals surface area contributed by atoms with Crippen LogP contribution in [0.15, 0.2) is 48.6 Å². The zero-order valence-corrected chi connectivity index (χ0v) is 49.6. The number of rotatable bonds is 60. The van der Waals surface area contributed by atoms with E-state index in [0.29, 0.717) is 19.3 Å². The summed E-state index contributed by atoms with van der Waals surface area (Å²) in [4.78, 5) is 38.3. The molecule has 0 aromatic carbocycles. The quantitative estimate of drug-likeness (QED) is 0.0261. The Morgan fingerprint density at radius 2 is 0.486 bits per heavy atom. The molecule has 0 aliphatic heterocycles. The van der Waals surface area contributed by atoms with Crippen LogP contribution in [0, 0.1) is 0 Å². The van der Waals surface area contributed by atoms with Crippen molar-refractivity contribution in [3.05, 3.63) is 48.6 Å². The number of ether oxygens (including phenoxy) is 3. The summed E-state index contributed by atoms with van der Waals surface area (Å²) in [5.74, 6) is -0.859. The Bertz CT molecular complexity index is 1280. The highest BCUT2D eigenvalue weighted by atomic mass is 16.6. The van der Waals surface area contributed by atoms with E-state index in [1.54, 1.807) is 0 Å². The topological polar surface area (TPSA) is 78.9 Å². The van der Waals surface area contributed by atoms with Crippen LogP contribution in [-0.4, -0.2) is 37.2 Å². The van der Waals surface area contributed by atoms with Gasteiger partial charge < -0.3 is 14.2 Å². The summed E-state index contributed by atoms with van der Waals surface area (Å²) < 4.78 is 16.9. The lowest BCUT2D eigenvalue weighted by Gasteiger charge is -2.18. The number of hydrogen-bond acceptors (Lipinski definition) is 6. The van der Waals surface area contributed by atoms with Crippen molar-refractivity contribution >= 4 is 17.9 Å². The second-order valence-electron chi connectivity index (χ2n) is 22.0. The van der Waals surface area contributed by atoms with E-state index in [9.17, 15) is 14.4 Å². The number of carbonyl (C=O) groups excluding carboxylic acids is 3. The highest BCUT2D eigenvalue weighted by Gasteiger charge is 2.19. The number of allylic oxidation sites excluding steroid dienone is 8. The summed E-state index contributed by atoms with van der Waals surface area (Å²) in [5, 5.41) is 0. The van der Waals surface area contributed by atoms with Crippen molar-refractivity contribution in [1.29, 1.82) is 0 Å². The van der Waals surface area contributed by atoms with Gasteiger partial charge in [0.1, 0.15) is 13.2 Å². The summed E-state index contributed by atoms with van der Waals surface area (Å²) in [6.45, 7) is 6.65. The lowest BCUT2D eigenvalue weighted by Crippen LogP contribution is -2.30. The average Bonchev–Trinajstić information content (AvgIpc) is 3.40. The molecule has 74 heavy (non-hydrogen) atoms. The number of unbranched alkanes of at least 4 members (excludes halogenated alkanes) is 41. The van der Waals surface area contributed by atoms with E-state index in [4.69, 9.17) is 14.2 Å². The Morgan fingerprint density at radius 3 is 0.770 bits per heavy atom. The maximum atomic E-state index is 12.9. The SMILES string of the molecule is CCCCC/C=C\C/C=C\CCCCCCCCCC(=O)OC(COC(=O)CCCCCCCCCCCCCCCC)COC(=O)CCCCCCCCCCCCCCC/C=C\C/C=C\CCCCCCC. The lowest BCUT2D eigenvalue weighted by molar-refractivity contribution is -0.167. The van der Waals surface area contributed by atoms with Gasteiger partial charge in [-0.25, -0.2) is 0 Å². The van der Waals surface area contributed by atoms with Gasteiger partial charge in [-0.2, -0.15) is 0 Å². The molecule has 432 valence electrons. The minimum atomic E-state index is -0.776. The van der Waals surface area contributed by atoms with Crippen molar-refractivity contribution in [2.24, 2.45) is 0 Å². The Balaban J connectivity index is 4.27. The predicted octanol–water partition coefficient (Wildman–Crippen LogP) is 22.2. The molecule has 0 spiro atoms. The van der Waals surface area contributed by atoms with Crippen LogP contribution in [0.3, 0.4) is 0 Å². The molecular formula is C68H124O6. The largest absolute Gasteiger partial charge is 0.462 e. The molecule has 0 heterocycles. The van der Waals surface area contributed by atoms with Crippen molar-refractivity contribution < 1.29 is 28.6 Å². The van der Waals surface area contributed by atoms with Crippen molar-refractivity contribution in [2.75, 3.05) is 13.2 Å². The van der Waals surface area contributed by atoms with Crippen LogP contribution in [-0.2, 0) is 28.6 Å². The van der Waals surface area contributed by atoms with Gasteiger partial charge in [-0.3, -0.25) is 14.4 Å². The van der Waals surface area contributed by atoms with E-state index < -0.39 is 6.10 Å². The molecule has 0 fully saturated rings. The van der Waals surface area contributed by atoms with Gasteiger partial charge in [0.05, 0.1) is 0 Å². The highest BCUT2D eigenvalue weighted by Crippen LogP contribution is 2.17. The number of esters is 3. The molecule has 6 nitrogen and oxygen atoms in total. The fourth-order valence-electron chi connectivity index (χ4n) is 9.62. The maximum absolute atomic E-state index is 12.9. The molecule has 0 aromatic heterocycles. The van der Waals surface area contributed by atoms with E-state index in [-0.39, 0.29) is 31.1 Å². The summed E-state index contributed by atoms with van der Waals surface area (Å²) in [5.41, 5.74) is 0. The Kier molecular flexibility index (Phi) is 60.7. The van der Waals surface area contributed by atoms with Crippen LogP contribution < -0.4 is 0 Å². The monoisotopic (exact) mass is 1040 g/mol. The molecule has 1 unspecified atom stereocenters. The molecule has 0 aromatic rings. The first-order valence-electron chi connectivity index (χ1n) is 32.6. The molecule has 0 N–H and O–H groups in total. The second-order valence-corrected chi connectivity index (χ2v) is 22.0. The summed E-state index contributed by atoms with van der Waals surface area (Å²) in [6, 6.07) is 0. The Hall–Kier alpha value is -2.63. The zero-order valence-electron chi connectivity index (χ0n) is 49.6. The molecule has 0 aliphatic carbocycles. The molecular weight excluding hydrogens is 913 g/mol. The normalized spacial score (nSPS) is 12.3. The van der Waals surface area contributed by atoms with Crippen molar-refractivity contribution in [1.82, 2.24) is 0 Å². The molecule has 1 atom stereocenters. The van der Waals surface area contributed by atoms with Gasteiger partial charge in [0.25, 0.3) is 0 Å². The van der Waals surface area contributed by atoms with Crippen LogP contribution in [0.4, 0.5) is 0 Å². The van der Waals surface area contributed by atoms with E-state index in [1.165, 1.54) is 231 Å². The first-order valence-corrected chi connectivity index (χ1v) is 32.6. The third kappa shape index (κ3) is 60.2. The minimum Gasteiger partial charge on any atom is -0.462 e. The highest BCUT2D eigenvalue weighted by molar-refractivity contribution is 5.71. The standard InChI is InChI=1S/C68H124O6/c1-4-7-10-13-16-19-22-25-28-30-31-32-33-34-35-36-37-39-40-43-46-49-52-55-58-61-67(70)73-64-65(63-72-66(69)60-57-54-51-48-45-42-27-24-21-18-15-12-9-6-3)74-68(71)62-59-56-53-50-47-44-41-38-29-26-23-20-17-14-11-8-5-2/h17,20,22,25-26,29-31,65H,4-16,18-19,21,23-24,27-28,32-64H2,1-3H3/b20-17-,25-22-,29-26-,31-30-. The summed E-state index contributed by atoms with van der Waals surface area (Å²) in [6.07, 6.45) is 78.3. The predicted molar refractivity (Wildman–Crippen MR) is 321 cm³/mol. The van der Waals surface area contributed by atoms with Crippen LogP contribution >= 0.6 is 0 Å². The van der Waals surface area contributed by atoms with E-state index in [1.807, 2.05) is 0 Å². The lowest BCUT2D eigenvalue weighted by atomic mass is 10.0. The van der Waals surface area contributed by atoms with E-state index in [2.05, 4.69) is 69.4 Å². The zero-order chi connectivity index (χ0) is 53.6. The number of carbonyl (C=O) groups is 3.